The molecule has 1 aromatic carbocycles. The molecule has 2 aromatic heterocycles. The van der Waals surface area contributed by atoms with Crippen molar-refractivity contribution in [2.24, 2.45) is 0 Å². The Morgan fingerprint density at radius 3 is 2.44 bits per heavy atom. The van der Waals surface area contributed by atoms with Crippen LogP contribution in [0.25, 0.3) is 16.4 Å². The molecule has 0 saturated carbocycles. The van der Waals surface area contributed by atoms with E-state index in [1.165, 1.54) is 0 Å². The number of nitrogens with zero attached hydrogens (tertiary/aromatic N) is 3. The van der Waals surface area contributed by atoms with Gasteiger partial charge in [0.05, 0.1) is 6.20 Å². The Hall–Kier alpha value is -1.82. The van der Waals surface area contributed by atoms with E-state index in [0.29, 0.717) is 10.8 Å². The first-order valence-electron chi connectivity index (χ1n) is 4.97. The standard InChI is InChI=1S/C11H5ClF3N3/c12-9-6-3-1-2-4-7(6)10-16-8(11(13,14)15)5-18(10)17-9/h1-5H. The summed E-state index contributed by atoms with van der Waals surface area (Å²) < 4.78 is 38.8. The fraction of sp³-hybridized carbons (Fsp3) is 0.0909. The van der Waals surface area contributed by atoms with Crippen molar-refractivity contribution in [2.75, 3.05) is 0 Å². The zero-order valence-electron chi connectivity index (χ0n) is 8.74. The maximum Gasteiger partial charge on any atom is 0.434 e. The molecule has 0 aliphatic rings. The van der Waals surface area contributed by atoms with E-state index in [4.69, 9.17) is 11.6 Å². The third kappa shape index (κ3) is 1.60. The van der Waals surface area contributed by atoms with Crippen molar-refractivity contribution in [1.29, 1.82) is 0 Å². The number of fused-ring (bicyclic) bond motifs is 3. The highest BCUT2D eigenvalue weighted by atomic mass is 35.5. The van der Waals surface area contributed by atoms with Gasteiger partial charge < -0.3 is 0 Å². The second kappa shape index (κ2) is 3.58. The number of benzene rings is 1. The van der Waals surface area contributed by atoms with Crippen LogP contribution in [0.4, 0.5) is 13.2 Å². The Bertz CT molecular complexity index is 748. The molecule has 0 aliphatic carbocycles. The van der Waals surface area contributed by atoms with E-state index in [9.17, 15) is 13.2 Å². The lowest BCUT2D eigenvalue weighted by Crippen LogP contribution is -2.04. The maximum absolute atomic E-state index is 12.6. The van der Waals surface area contributed by atoms with Crippen LogP contribution in [0, 0.1) is 0 Å². The Morgan fingerprint density at radius 2 is 1.78 bits per heavy atom. The Morgan fingerprint density at radius 1 is 1.11 bits per heavy atom. The molecule has 0 fully saturated rings. The zero-order chi connectivity index (χ0) is 12.9. The van der Waals surface area contributed by atoms with Crippen molar-refractivity contribution in [3.05, 3.63) is 41.3 Å². The van der Waals surface area contributed by atoms with Gasteiger partial charge in [-0.3, -0.25) is 0 Å². The van der Waals surface area contributed by atoms with Crippen LogP contribution >= 0.6 is 11.6 Å². The number of hydrogen-bond donors (Lipinski definition) is 0. The second-order valence-electron chi connectivity index (χ2n) is 3.73. The summed E-state index contributed by atoms with van der Waals surface area (Å²) in [5.41, 5.74) is -0.843. The monoisotopic (exact) mass is 271 g/mol. The molecule has 7 heteroatoms. The summed E-state index contributed by atoms with van der Waals surface area (Å²) in [6.07, 6.45) is -3.67. The van der Waals surface area contributed by atoms with Gasteiger partial charge in [-0.15, -0.1) is 0 Å². The number of imidazole rings is 1. The van der Waals surface area contributed by atoms with Crippen LogP contribution in [-0.4, -0.2) is 14.6 Å². The fourth-order valence-electron chi connectivity index (χ4n) is 1.77. The Labute approximate surface area is 104 Å². The van der Waals surface area contributed by atoms with Crippen LogP contribution in [0.5, 0.6) is 0 Å². The topological polar surface area (TPSA) is 30.2 Å². The van der Waals surface area contributed by atoms with Crippen LogP contribution in [0.3, 0.4) is 0 Å². The minimum Gasteiger partial charge on any atom is -0.222 e. The minimum atomic E-state index is -4.50. The number of rotatable bonds is 0. The highest BCUT2D eigenvalue weighted by Crippen LogP contribution is 2.31. The molecule has 0 atom stereocenters. The van der Waals surface area contributed by atoms with E-state index >= 15 is 0 Å². The highest BCUT2D eigenvalue weighted by Gasteiger charge is 2.34. The van der Waals surface area contributed by atoms with Gasteiger partial charge in [0.15, 0.2) is 16.5 Å². The number of aromatic nitrogens is 3. The zero-order valence-corrected chi connectivity index (χ0v) is 9.50. The molecule has 92 valence electrons. The maximum atomic E-state index is 12.6. The molecule has 0 amide bonds. The molecule has 0 radical (unpaired) electrons. The molecular weight excluding hydrogens is 267 g/mol. The van der Waals surface area contributed by atoms with E-state index in [-0.39, 0.29) is 10.8 Å². The van der Waals surface area contributed by atoms with Gasteiger partial charge in [-0.25, -0.2) is 9.50 Å². The molecule has 0 spiro atoms. The Balaban J connectivity index is 2.44. The lowest BCUT2D eigenvalue weighted by molar-refractivity contribution is -0.140. The SMILES string of the molecule is FC(F)(F)c1cn2nc(Cl)c3ccccc3c2n1. The molecule has 18 heavy (non-hydrogen) atoms. The van der Waals surface area contributed by atoms with E-state index in [0.717, 1.165) is 10.7 Å². The minimum absolute atomic E-state index is 0.141. The average molecular weight is 272 g/mol. The quantitative estimate of drug-likeness (QED) is 0.626. The van der Waals surface area contributed by atoms with Gasteiger partial charge in [0.2, 0.25) is 0 Å². The van der Waals surface area contributed by atoms with Crippen molar-refractivity contribution >= 4 is 28.0 Å². The summed E-state index contributed by atoms with van der Waals surface area (Å²) in [7, 11) is 0. The molecule has 0 saturated heterocycles. The molecule has 3 rings (SSSR count). The van der Waals surface area contributed by atoms with Crippen LogP contribution in [-0.2, 0) is 6.18 Å². The number of hydrogen-bond acceptors (Lipinski definition) is 2. The van der Waals surface area contributed by atoms with Gasteiger partial charge in [-0.2, -0.15) is 18.3 Å². The molecule has 3 aromatic rings. The van der Waals surface area contributed by atoms with Gasteiger partial charge in [0.25, 0.3) is 0 Å². The van der Waals surface area contributed by atoms with Gasteiger partial charge >= 0.3 is 6.18 Å². The van der Waals surface area contributed by atoms with Gasteiger partial charge in [-0.1, -0.05) is 35.9 Å². The molecule has 0 bridgehead atoms. The lowest BCUT2D eigenvalue weighted by atomic mass is 10.2. The highest BCUT2D eigenvalue weighted by molar-refractivity contribution is 6.34. The van der Waals surface area contributed by atoms with E-state index in [2.05, 4.69) is 10.1 Å². The third-order valence-electron chi connectivity index (χ3n) is 2.56. The second-order valence-corrected chi connectivity index (χ2v) is 4.09. The van der Waals surface area contributed by atoms with Crippen molar-refractivity contribution in [1.82, 2.24) is 14.6 Å². The summed E-state index contributed by atoms with van der Waals surface area (Å²) in [6, 6.07) is 6.79. The van der Waals surface area contributed by atoms with Gasteiger partial charge in [0.1, 0.15) is 0 Å². The van der Waals surface area contributed by atoms with Crippen LogP contribution in [0.2, 0.25) is 5.15 Å². The van der Waals surface area contributed by atoms with Crippen LogP contribution in [0.1, 0.15) is 5.69 Å². The first-order valence-corrected chi connectivity index (χ1v) is 5.35. The molecule has 2 heterocycles. The Kier molecular flexibility index (Phi) is 2.25. The molecule has 3 nitrogen and oxygen atoms in total. The molecule has 0 aliphatic heterocycles. The van der Waals surface area contributed by atoms with E-state index in [1.807, 2.05) is 0 Å². The van der Waals surface area contributed by atoms with E-state index in [1.54, 1.807) is 24.3 Å². The van der Waals surface area contributed by atoms with E-state index < -0.39 is 11.9 Å². The van der Waals surface area contributed by atoms with Crippen LogP contribution in [0.15, 0.2) is 30.5 Å². The first kappa shape index (κ1) is 11.3. The number of alkyl halides is 3. The first-order chi connectivity index (χ1) is 8.47. The normalized spacial score (nSPS) is 12.4. The molecule has 0 N–H and O–H groups in total. The summed E-state index contributed by atoms with van der Waals surface area (Å²) in [6.45, 7) is 0. The lowest BCUT2D eigenvalue weighted by Gasteiger charge is -2.01. The number of halogens is 4. The smallest absolute Gasteiger partial charge is 0.222 e. The predicted octanol–water partition coefficient (Wildman–Crippen LogP) is 3.55. The predicted molar refractivity (Wildman–Crippen MR) is 60.5 cm³/mol. The summed E-state index contributed by atoms with van der Waals surface area (Å²) in [4.78, 5) is 3.57. The average Bonchev–Trinajstić information content (AvgIpc) is 2.73. The fourth-order valence-corrected chi connectivity index (χ4v) is 2.02. The van der Waals surface area contributed by atoms with Crippen molar-refractivity contribution in [3.63, 3.8) is 0 Å². The summed E-state index contributed by atoms with van der Waals surface area (Å²) in [5, 5.41) is 5.11. The molecular formula is C11H5ClF3N3. The summed E-state index contributed by atoms with van der Waals surface area (Å²) >= 11 is 5.92. The molecule has 0 unspecified atom stereocenters. The van der Waals surface area contributed by atoms with Gasteiger partial charge in [-0.05, 0) is 0 Å². The summed E-state index contributed by atoms with van der Waals surface area (Å²) in [5.74, 6) is 0. The van der Waals surface area contributed by atoms with Crippen molar-refractivity contribution in [3.8, 4) is 0 Å². The largest absolute Gasteiger partial charge is 0.434 e. The van der Waals surface area contributed by atoms with Crippen LogP contribution < -0.4 is 0 Å². The third-order valence-corrected chi connectivity index (χ3v) is 2.84. The van der Waals surface area contributed by atoms with Gasteiger partial charge in [0, 0.05) is 10.8 Å². The van der Waals surface area contributed by atoms with Crippen molar-refractivity contribution < 1.29 is 13.2 Å². The van der Waals surface area contributed by atoms with Crippen molar-refractivity contribution in [2.45, 2.75) is 6.18 Å².